The van der Waals surface area contributed by atoms with Gasteiger partial charge in [-0.2, -0.15) is 0 Å². The highest BCUT2D eigenvalue weighted by atomic mass is 16.7. The number of carbonyl (C=O) groups is 2. The van der Waals surface area contributed by atoms with Crippen LogP contribution in [0.1, 0.15) is 13.8 Å². The van der Waals surface area contributed by atoms with Gasteiger partial charge in [0, 0.05) is 0 Å². The summed E-state index contributed by atoms with van der Waals surface area (Å²) in [5, 5.41) is 0. The fraction of sp³-hybridized carbons (Fsp3) is 0.556. The highest BCUT2D eigenvalue weighted by Gasteiger charge is 2.34. The van der Waals surface area contributed by atoms with E-state index >= 15 is 0 Å². The van der Waals surface area contributed by atoms with Gasteiger partial charge in [0.2, 0.25) is 5.60 Å². The van der Waals surface area contributed by atoms with E-state index in [0.29, 0.717) is 0 Å². The first kappa shape index (κ1) is 12.3. The molecule has 0 aliphatic heterocycles. The van der Waals surface area contributed by atoms with Gasteiger partial charge in [0.25, 0.3) is 0 Å². The summed E-state index contributed by atoms with van der Waals surface area (Å²) in [5.74, 6) is 1.40. The Hall–Kier alpha value is -1.70. The van der Waals surface area contributed by atoms with Crippen LogP contribution in [0.2, 0.25) is 0 Å². The zero-order valence-corrected chi connectivity index (χ0v) is 8.33. The summed E-state index contributed by atoms with van der Waals surface area (Å²) < 4.78 is 13.5. The van der Waals surface area contributed by atoms with Crippen molar-refractivity contribution in [2.45, 2.75) is 19.4 Å². The molecule has 5 nitrogen and oxygen atoms in total. The molecule has 0 saturated heterocycles. The molecule has 0 rings (SSSR count). The Kier molecular flexibility index (Phi) is 4.50. The van der Waals surface area contributed by atoms with Crippen molar-refractivity contribution in [3.63, 3.8) is 0 Å². The molecule has 0 spiro atoms. The fourth-order valence-corrected chi connectivity index (χ4v) is 0.573. The monoisotopic (exact) mass is 200 g/mol. The lowest BCUT2D eigenvalue weighted by atomic mass is 10.1. The van der Waals surface area contributed by atoms with Crippen LogP contribution >= 0.6 is 0 Å². The zero-order valence-electron chi connectivity index (χ0n) is 8.33. The Bertz CT molecular complexity index is 261. The standard InChI is InChI=1S/C9H12O5/c1-5-6-13-7(10)9(2,3)14-8(11)12-4/h1H,6H2,2-4H3. The number of terminal acetylenes is 1. The third kappa shape index (κ3) is 3.81. The number of ether oxygens (including phenoxy) is 3. The molecule has 0 aromatic carbocycles. The van der Waals surface area contributed by atoms with Gasteiger partial charge in [-0.05, 0) is 13.8 Å². The normalized spacial score (nSPS) is 9.86. The molecule has 0 aliphatic rings. The van der Waals surface area contributed by atoms with Crippen LogP contribution in [-0.4, -0.2) is 31.4 Å². The highest BCUT2D eigenvalue weighted by molar-refractivity contribution is 5.81. The minimum Gasteiger partial charge on any atom is -0.450 e. The van der Waals surface area contributed by atoms with Crippen molar-refractivity contribution in [1.82, 2.24) is 0 Å². The molecule has 0 bridgehead atoms. The quantitative estimate of drug-likeness (QED) is 0.496. The molecule has 5 heteroatoms. The number of methoxy groups -OCH3 is 1. The van der Waals surface area contributed by atoms with E-state index in [0.717, 1.165) is 7.11 Å². The first-order chi connectivity index (χ1) is 6.44. The summed E-state index contributed by atoms with van der Waals surface area (Å²) >= 11 is 0. The lowest BCUT2D eigenvalue weighted by Crippen LogP contribution is -2.38. The summed E-state index contributed by atoms with van der Waals surface area (Å²) in [6, 6.07) is 0. The minimum absolute atomic E-state index is 0.160. The molecule has 0 saturated carbocycles. The minimum atomic E-state index is -1.40. The van der Waals surface area contributed by atoms with Crippen molar-refractivity contribution < 1.29 is 23.8 Å². The zero-order chi connectivity index (χ0) is 11.2. The molecule has 0 aromatic heterocycles. The van der Waals surface area contributed by atoms with E-state index in [9.17, 15) is 9.59 Å². The van der Waals surface area contributed by atoms with Crippen LogP contribution in [0.4, 0.5) is 4.79 Å². The Balaban J connectivity index is 4.24. The van der Waals surface area contributed by atoms with Crippen molar-refractivity contribution in [2.75, 3.05) is 13.7 Å². The van der Waals surface area contributed by atoms with Crippen molar-refractivity contribution in [3.8, 4) is 12.3 Å². The van der Waals surface area contributed by atoms with Crippen molar-refractivity contribution in [3.05, 3.63) is 0 Å². The third-order valence-electron chi connectivity index (χ3n) is 1.28. The maximum absolute atomic E-state index is 11.2. The highest BCUT2D eigenvalue weighted by Crippen LogP contribution is 2.12. The molecule has 0 heterocycles. The average molecular weight is 200 g/mol. The molecular weight excluding hydrogens is 188 g/mol. The molecule has 0 N–H and O–H groups in total. The molecule has 0 radical (unpaired) electrons. The summed E-state index contributed by atoms with van der Waals surface area (Å²) in [7, 11) is 1.14. The number of esters is 1. The molecule has 78 valence electrons. The predicted molar refractivity (Wildman–Crippen MR) is 47.4 cm³/mol. The van der Waals surface area contributed by atoms with E-state index in [-0.39, 0.29) is 6.61 Å². The second-order valence-corrected chi connectivity index (χ2v) is 2.85. The Morgan fingerprint density at radius 3 is 2.43 bits per heavy atom. The van der Waals surface area contributed by atoms with E-state index in [1.165, 1.54) is 13.8 Å². The molecule has 0 atom stereocenters. The SMILES string of the molecule is C#CCOC(=O)C(C)(C)OC(=O)OC. The summed E-state index contributed by atoms with van der Waals surface area (Å²) in [5.41, 5.74) is -1.40. The van der Waals surface area contributed by atoms with Gasteiger partial charge in [0.15, 0.2) is 6.61 Å². The van der Waals surface area contributed by atoms with Gasteiger partial charge < -0.3 is 14.2 Å². The van der Waals surface area contributed by atoms with Crippen LogP contribution in [0.25, 0.3) is 0 Å². The lowest BCUT2D eigenvalue weighted by molar-refractivity contribution is -0.162. The summed E-state index contributed by atoms with van der Waals surface area (Å²) in [6.07, 6.45) is 3.94. The van der Waals surface area contributed by atoms with Crippen LogP contribution in [0, 0.1) is 12.3 Å². The average Bonchev–Trinajstić information content (AvgIpc) is 2.13. The van der Waals surface area contributed by atoms with Crippen molar-refractivity contribution in [2.24, 2.45) is 0 Å². The summed E-state index contributed by atoms with van der Waals surface area (Å²) in [4.78, 5) is 21.9. The predicted octanol–water partition coefficient (Wildman–Crippen LogP) is 0.724. The molecule has 0 aliphatic carbocycles. The number of hydrogen-bond donors (Lipinski definition) is 0. The molecule has 14 heavy (non-hydrogen) atoms. The number of rotatable bonds is 3. The largest absolute Gasteiger partial charge is 0.509 e. The lowest BCUT2D eigenvalue weighted by Gasteiger charge is -2.21. The van der Waals surface area contributed by atoms with E-state index < -0.39 is 17.7 Å². The van der Waals surface area contributed by atoms with E-state index in [1.807, 2.05) is 0 Å². The van der Waals surface area contributed by atoms with E-state index in [2.05, 4.69) is 20.1 Å². The van der Waals surface area contributed by atoms with Crippen LogP contribution in [-0.2, 0) is 19.0 Å². The van der Waals surface area contributed by atoms with Gasteiger partial charge in [0.1, 0.15) is 0 Å². The first-order valence-electron chi connectivity index (χ1n) is 3.81. The van der Waals surface area contributed by atoms with Gasteiger partial charge in [0.05, 0.1) is 7.11 Å². The number of carbonyl (C=O) groups excluding carboxylic acids is 2. The maximum Gasteiger partial charge on any atom is 0.509 e. The second-order valence-electron chi connectivity index (χ2n) is 2.85. The molecular formula is C9H12O5. The Labute approximate surface area is 82.3 Å². The van der Waals surface area contributed by atoms with Gasteiger partial charge in [-0.3, -0.25) is 0 Å². The van der Waals surface area contributed by atoms with Crippen LogP contribution in [0.5, 0.6) is 0 Å². The van der Waals surface area contributed by atoms with Crippen molar-refractivity contribution >= 4 is 12.1 Å². The first-order valence-corrected chi connectivity index (χ1v) is 3.81. The third-order valence-corrected chi connectivity index (χ3v) is 1.28. The van der Waals surface area contributed by atoms with Crippen LogP contribution < -0.4 is 0 Å². The molecule has 0 unspecified atom stereocenters. The second kappa shape index (κ2) is 5.12. The smallest absolute Gasteiger partial charge is 0.450 e. The fourth-order valence-electron chi connectivity index (χ4n) is 0.573. The Morgan fingerprint density at radius 1 is 1.43 bits per heavy atom. The van der Waals surface area contributed by atoms with E-state index in [4.69, 9.17) is 6.42 Å². The summed E-state index contributed by atoms with van der Waals surface area (Å²) in [6.45, 7) is 2.60. The van der Waals surface area contributed by atoms with Crippen LogP contribution in [0.3, 0.4) is 0 Å². The molecule has 0 fully saturated rings. The number of hydrogen-bond acceptors (Lipinski definition) is 5. The van der Waals surface area contributed by atoms with Gasteiger partial charge in [-0.1, -0.05) is 5.92 Å². The van der Waals surface area contributed by atoms with Gasteiger partial charge in [-0.25, -0.2) is 9.59 Å². The van der Waals surface area contributed by atoms with Crippen LogP contribution in [0.15, 0.2) is 0 Å². The topological polar surface area (TPSA) is 61.8 Å². The van der Waals surface area contributed by atoms with E-state index in [1.54, 1.807) is 0 Å². The van der Waals surface area contributed by atoms with Gasteiger partial charge >= 0.3 is 12.1 Å². The van der Waals surface area contributed by atoms with Gasteiger partial charge in [-0.15, -0.1) is 6.42 Å². The maximum atomic E-state index is 11.2. The molecule has 0 amide bonds. The molecule has 0 aromatic rings. The Morgan fingerprint density at radius 2 is 2.00 bits per heavy atom. The van der Waals surface area contributed by atoms with Crippen molar-refractivity contribution in [1.29, 1.82) is 0 Å².